The third kappa shape index (κ3) is 4.94. The highest BCUT2D eigenvalue weighted by Gasteiger charge is 2.20. The van der Waals surface area contributed by atoms with Crippen molar-refractivity contribution in [1.29, 1.82) is 0 Å². The Morgan fingerprint density at radius 3 is 2.32 bits per heavy atom. The third-order valence-corrected chi connectivity index (χ3v) is 7.79. The van der Waals surface area contributed by atoms with Crippen LogP contribution in [0.5, 0.6) is 17.2 Å². The largest absolute Gasteiger partial charge is 0.503 e. The van der Waals surface area contributed by atoms with Crippen molar-refractivity contribution in [3.05, 3.63) is 95.6 Å². The number of carbonyl (C=O) groups excluding carboxylic acids is 1. The Hall–Kier alpha value is -5.83. The standard InChI is InChI=1S/C35H29N5O4/c1-19(41)36-22-7-3-20(4-8-22)31-27-14-9-23(37-27)17-24-10-16-29(38-24)32(21-5-12-26(44-2)13-6-21)33-35(43)34(42)30(40-33)18-25-11-15-28(31)39-25/h3-9,11-15,17-18,37,40,42-43H,10,16H2,1-2H3,(H,36,41). The van der Waals surface area contributed by atoms with E-state index in [1.165, 1.54) is 6.92 Å². The van der Waals surface area contributed by atoms with Crippen LogP contribution in [0.1, 0.15) is 29.7 Å². The molecule has 0 unspecified atom stereocenters. The van der Waals surface area contributed by atoms with Gasteiger partial charge < -0.3 is 30.2 Å². The van der Waals surface area contributed by atoms with Gasteiger partial charge in [0.05, 0.1) is 35.2 Å². The molecule has 9 heteroatoms. The van der Waals surface area contributed by atoms with Gasteiger partial charge in [-0.05, 0) is 84.7 Å². The number of methoxy groups -OCH3 is 1. The van der Waals surface area contributed by atoms with E-state index in [1.54, 1.807) is 13.2 Å². The number of aromatic hydroxyl groups is 2. The predicted octanol–water partition coefficient (Wildman–Crippen LogP) is 6.98. The van der Waals surface area contributed by atoms with Crippen LogP contribution >= 0.6 is 0 Å². The summed E-state index contributed by atoms with van der Waals surface area (Å²) in [5, 5.41) is 25.0. The minimum atomic E-state index is -0.263. The lowest BCUT2D eigenvalue weighted by Crippen LogP contribution is -2.05. The normalized spacial score (nSPS) is 12.3. The van der Waals surface area contributed by atoms with Crippen molar-refractivity contribution >= 4 is 45.8 Å². The van der Waals surface area contributed by atoms with E-state index in [2.05, 4.69) is 15.3 Å². The molecule has 1 amide bonds. The van der Waals surface area contributed by atoms with Crippen LogP contribution < -0.4 is 10.1 Å². The number of amides is 1. The second-order valence-electron chi connectivity index (χ2n) is 10.8. The molecule has 2 aliphatic heterocycles. The van der Waals surface area contributed by atoms with Crippen LogP contribution in [0.2, 0.25) is 0 Å². The second kappa shape index (κ2) is 10.8. The molecule has 218 valence electrons. The Bertz CT molecular complexity index is 2120. The molecule has 2 aromatic carbocycles. The number of H-pyrrole nitrogens is 2. The first-order valence-electron chi connectivity index (χ1n) is 14.2. The van der Waals surface area contributed by atoms with Gasteiger partial charge in [-0.15, -0.1) is 0 Å². The van der Waals surface area contributed by atoms with Crippen LogP contribution in [-0.2, 0) is 17.6 Å². The summed E-state index contributed by atoms with van der Waals surface area (Å²) in [5.41, 5.74) is 9.51. The molecule has 44 heavy (non-hydrogen) atoms. The maximum absolute atomic E-state index is 11.5. The first kappa shape index (κ1) is 27.0. The minimum Gasteiger partial charge on any atom is -0.503 e. The van der Waals surface area contributed by atoms with Crippen molar-refractivity contribution in [2.45, 2.75) is 19.8 Å². The number of ether oxygens (including phenoxy) is 1. The van der Waals surface area contributed by atoms with Crippen LogP contribution in [0.4, 0.5) is 5.69 Å². The number of rotatable bonds is 4. The number of hydrogen-bond donors (Lipinski definition) is 5. The van der Waals surface area contributed by atoms with E-state index in [1.807, 2.05) is 78.9 Å². The fourth-order valence-electron chi connectivity index (χ4n) is 5.75. The third-order valence-electron chi connectivity index (χ3n) is 7.79. The molecule has 0 aliphatic carbocycles. The molecule has 0 fully saturated rings. The van der Waals surface area contributed by atoms with Crippen molar-refractivity contribution < 1.29 is 19.7 Å². The van der Waals surface area contributed by atoms with E-state index in [4.69, 9.17) is 14.7 Å². The van der Waals surface area contributed by atoms with E-state index in [-0.39, 0.29) is 17.4 Å². The summed E-state index contributed by atoms with van der Waals surface area (Å²) in [4.78, 5) is 28.2. The summed E-state index contributed by atoms with van der Waals surface area (Å²) in [7, 11) is 1.61. The lowest BCUT2D eigenvalue weighted by Gasteiger charge is -2.07. The zero-order chi connectivity index (χ0) is 30.4. The first-order valence-corrected chi connectivity index (χ1v) is 14.2. The summed E-state index contributed by atoms with van der Waals surface area (Å²) >= 11 is 0. The Balaban J connectivity index is 1.52. The van der Waals surface area contributed by atoms with Gasteiger partial charge in [0.1, 0.15) is 5.75 Å². The molecule has 5 aromatic rings. The fourth-order valence-corrected chi connectivity index (χ4v) is 5.75. The molecule has 3 aromatic heterocycles. The predicted molar refractivity (Wildman–Crippen MR) is 172 cm³/mol. The quantitative estimate of drug-likeness (QED) is 0.152. The number of benzene rings is 2. The number of fused-ring (bicyclic) bond motifs is 8. The van der Waals surface area contributed by atoms with E-state index in [9.17, 15) is 15.0 Å². The van der Waals surface area contributed by atoms with Crippen molar-refractivity contribution in [3.8, 4) is 39.5 Å². The van der Waals surface area contributed by atoms with Crippen LogP contribution in [0.3, 0.4) is 0 Å². The van der Waals surface area contributed by atoms with Crippen LogP contribution in [0, 0.1) is 0 Å². The van der Waals surface area contributed by atoms with Gasteiger partial charge in [0.25, 0.3) is 0 Å². The average Bonchev–Trinajstić information content (AvgIpc) is 3.82. The molecule has 0 radical (unpaired) electrons. The number of nitrogens with zero attached hydrogens (tertiary/aromatic N) is 2. The molecular weight excluding hydrogens is 554 g/mol. The van der Waals surface area contributed by atoms with E-state index in [0.29, 0.717) is 46.6 Å². The van der Waals surface area contributed by atoms with Gasteiger partial charge in [0.15, 0.2) is 11.5 Å². The van der Waals surface area contributed by atoms with Gasteiger partial charge in [0.2, 0.25) is 5.91 Å². The maximum Gasteiger partial charge on any atom is 0.221 e. The molecular formula is C35H29N5O4. The molecule has 8 bridgehead atoms. The van der Waals surface area contributed by atoms with Crippen LogP contribution in [0.15, 0.2) is 72.8 Å². The van der Waals surface area contributed by atoms with Gasteiger partial charge in [0, 0.05) is 40.5 Å². The zero-order valence-corrected chi connectivity index (χ0v) is 24.1. The monoisotopic (exact) mass is 583 g/mol. The Labute approximate surface area is 252 Å². The molecule has 0 saturated heterocycles. The molecule has 0 atom stereocenters. The molecule has 5 N–H and O–H groups in total. The van der Waals surface area contributed by atoms with E-state index in [0.717, 1.165) is 44.8 Å². The fraction of sp³-hybridized carbons (Fsp3) is 0.114. The Morgan fingerprint density at radius 2 is 1.57 bits per heavy atom. The summed E-state index contributed by atoms with van der Waals surface area (Å²) in [6.07, 6.45) is 5.15. The summed E-state index contributed by atoms with van der Waals surface area (Å²) in [6.45, 7) is 1.48. The molecule has 5 heterocycles. The highest BCUT2D eigenvalue weighted by Crippen LogP contribution is 2.41. The Morgan fingerprint density at radius 1 is 0.818 bits per heavy atom. The van der Waals surface area contributed by atoms with Gasteiger partial charge >= 0.3 is 0 Å². The molecule has 9 nitrogen and oxygen atoms in total. The number of nitrogens with one attached hydrogen (secondary N) is 3. The number of anilines is 1. The molecule has 2 aliphatic rings. The van der Waals surface area contributed by atoms with Gasteiger partial charge in [-0.3, -0.25) is 9.78 Å². The number of hydrogen-bond acceptors (Lipinski definition) is 6. The molecule has 0 saturated carbocycles. The topological polar surface area (TPSA) is 136 Å². The summed E-state index contributed by atoms with van der Waals surface area (Å²) in [6, 6.07) is 22.9. The van der Waals surface area contributed by atoms with Gasteiger partial charge in [-0.25, -0.2) is 4.98 Å². The number of aromatic amines is 2. The molecule has 7 rings (SSSR count). The average molecular weight is 584 g/mol. The summed E-state index contributed by atoms with van der Waals surface area (Å²) < 4.78 is 5.35. The van der Waals surface area contributed by atoms with Crippen molar-refractivity contribution in [1.82, 2.24) is 19.9 Å². The van der Waals surface area contributed by atoms with E-state index < -0.39 is 0 Å². The van der Waals surface area contributed by atoms with Gasteiger partial charge in [-0.2, -0.15) is 0 Å². The highest BCUT2D eigenvalue weighted by molar-refractivity contribution is 5.95. The highest BCUT2D eigenvalue weighted by atomic mass is 16.5. The lowest BCUT2D eigenvalue weighted by atomic mass is 10.0. The number of carbonyl (C=O) groups is 1. The smallest absolute Gasteiger partial charge is 0.221 e. The minimum absolute atomic E-state index is 0.136. The van der Waals surface area contributed by atoms with Crippen molar-refractivity contribution in [2.24, 2.45) is 0 Å². The van der Waals surface area contributed by atoms with Crippen molar-refractivity contribution in [3.63, 3.8) is 0 Å². The zero-order valence-electron chi connectivity index (χ0n) is 24.1. The van der Waals surface area contributed by atoms with Crippen LogP contribution in [-0.4, -0.2) is 43.2 Å². The van der Waals surface area contributed by atoms with Crippen molar-refractivity contribution in [2.75, 3.05) is 12.4 Å². The SMILES string of the molecule is COc1ccc(-c2c3nc(cc4ccc([nH]4)c(-c4ccc(NC(C)=O)cc4)c4nc(cc5[nH]c2c(O)c5O)C=C4)CC3)cc1. The van der Waals surface area contributed by atoms with Gasteiger partial charge in [-0.1, -0.05) is 24.3 Å². The Kier molecular flexibility index (Phi) is 6.62. The summed E-state index contributed by atoms with van der Waals surface area (Å²) in [5.74, 6) is 0.0618. The van der Waals surface area contributed by atoms with Crippen LogP contribution in [0.25, 0.3) is 56.5 Å². The first-order chi connectivity index (χ1) is 21.4. The molecule has 0 spiro atoms. The number of aryl methyl sites for hydroxylation is 2. The number of aromatic nitrogens is 4. The maximum atomic E-state index is 11.5. The lowest BCUT2D eigenvalue weighted by molar-refractivity contribution is -0.114. The second-order valence-corrected chi connectivity index (χ2v) is 10.8. The van der Waals surface area contributed by atoms with E-state index >= 15 is 0 Å².